The minimum Gasteiger partial charge on any atom is -0.476 e. The van der Waals surface area contributed by atoms with Gasteiger partial charge in [0.1, 0.15) is 6.33 Å². The smallest absolute Gasteiger partial charge is 0.476 e. The lowest BCUT2D eigenvalue weighted by Crippen LogP contribution is -2.41. The molecular weight excluding hydrogens is 431 g/mol. The molecule has 1 saturated heterocycles. The van der Waals surface area contributed by atoms with E-state index in [9.17, 15) is 9.59 Å². The van der Waals surface area contributed by atoms with Crippen LogP contribution in [0.2, 0.25) is 0 Å². The van der Waals surface area contributed by atoms with E-state index in [0.717, 1.165) is 0 Å². The first-order valence-electron chi connectivity index (χ1n) is 9.98. The predicted octanol–water partition coefficient (Wildman–Crippen LogP) is 0.993. The summed E-state index contributed by atoms with van der Waals surface area (Å²) in [6.45, 7) is 7.68. The molecule has 0 spiro atoms. The van der Waals surface area contributed by atoms with Crippen molar-refractivity contribution >= 4 is 24.5 Å². The monoisotopic (exact) mass is 456 g/mol. The minimum atomic E-state index is -1.08. The zero-order valence-electron chi connectivity index (χ0n) is 19.2. The second kappa shape index (κ2) is 8.75. The average molecular weight is 456 g/mol. The summed E-state index contributed by atoms with van der Waals surface area (Å²) in [5.41, 5.74) is 0.464. The SMILES string of the molecule is Cn1cc(-c2ccncn2)c(C(=O)O)n1.Cn1cc(B2OC(C)(C)C(C)(C)O2)c(C(=O)O)n1. The van der Waals surface area contributed by atoms with Crippen LogP contribution in [0.4, 0.5) is 0 Å². The fourth-order valence-electron chi connectivity index (χ4n) is 3.10. The molecule has 12 nitrogen and oxygen atoms in total. The zero-order valence-corrected chi connectivity index (χ0v) is 19.2. The van der Waals surface area contributed by atoms with E-state index in [2.05, 4.69) is 20.2 Å². The molecule has 4 heterocycles. The number of nitrogens with zero attached hydrogens (tertiary/aromatic N) is 6. The fraction of sp³-hybridized carbons (Fsp3) is 0.400. The Bertz CT molecular complexity index is 1160. The maximum atomic E-state index is 11.1. The van der Waals surface area contributed by atoms with Gasteiger partial charge in [-0.05, 0) is 33.8 Å². The summed E-state index contributed by atoms with van der Waals surface area (Å²) in [7, 11) is 2.63. The summed E-state index contributed by atoms with van der Waals surface area (Å²) in [6.07, 6.45) is 6.16. The number of carboxylic acids is 2. The molecule has 0 aromatic carbocycles. The van der Waals surface area contributed by atoms with E-state index in [1.807, 2.05) is 27.7 Å². The summed E-state index contributed by atoms with van der Waals surface area (Å²) in [5.74, 6) is -2.15. The van der Waals surface area contributed by atoms with Gasteiger partial charge in [0.2, 0.25) is 0 Å². The minimum absolute atomic E-state index is 0.00352. The van der Waals surface area contributed by atoms with Crippen molar-refractivity contribution < 1.29 is 29.1 Å². The van der Waals surface area contributed by atoms with E-state index in [-0.39, 0.29) is 11.4 Å². The van der Waals surface area contributed by atoms with Crippen LogP contribution in [0.5, 0.6) is 0 Å². The predicted molar refractivity (Wildman–Crippen MR) is 117 cm³/mol. The second-order valence-electron chi connectivity index (χ2n) is 8.46. The van der Waals surface area contributed by atoms with Crippen LogP contribution in [0.25, 0.3) is 11.3 Å². The van der Waals surface area contributed by atoms with Crippen LogP contribution < -0.4 is 5.46 Å². The van der Waals surface area contributed by atoms with Gasteiger partial charge in [-0.3, -0.25) is 9.36 Å². The number of aryl methyl sites for hydroxylation is 2. The fourth-order valence-corrected chi connectivity index (χ4v) is 3.10. The van der Waals surface area contributed by atoms with Gasteiger partial charge in [-0.25, -0.2) is 19.6 Å². The molecule has 0 aliphatic carbocycles. The number of carbonyl (C=O) groups is 2. The van der Waals surface area contributed by atoms with E-state index in [1.54, 1.807) is 38.8 Å². The van der Waals surface area contributed by atoms with Crippen LogP contribution >= 0.6 is 0 Å². The van der Waals surface area contributed by atoms with Crippen molar-refractivity contribution in [3.8, 4) is 11.3 Å². The van der Waals surface area contributed by atoms with Crippen LogP contribution in [-0.4, -0.2) is 70.0 Å². The van der Waals surface area contributed by atoms with Gasteiger partial charge in [-0.1, -0.05) is 0 Å². The van der Waals surface area contributed by atoms with Crippen molar-refractivity contribution in [2.75, 3.05) is 0 Å². The van der Waals surface area contributed by atoms with Crippen molar-refractivity contribution in [3.63, 3.8) is 0 Å². The normalized spacial score (nSPS) is 16.2. The largest absolute Gasteiger partial charge is 0.498 e. The molecular formula is C20H25BN6O6. The molecule has 2 N–H and O–H groups in total. The lowest BCUT2D eigenvalue weighted by Gasteiger charge is -2.32. The highest BCUT2D eigenvalue weighted by Crippen LogP contribution is 2.36. The molecule has 33 heavy (non-hydrogen) atoms. The number of aromatic nitrogens is 6. The molecule has 0 bridgehead atoms. The number of rotatable bonds is 4. The summed E-state index contributed by atoms with van der Waals surface area (Å²) >= 11 is 0. The number of carboxylic acid groups (broad SMARTS) is 2. The van der Waals surface area contributed by atoms with Gasteiger partial charge in [0, 0.05) is 38.1 Å². The van der Waals surface area contributed by atoms with E-state index in [1.165, 1.54) is 15.7 Å². The summed E-state index contributed by atoms with van der Waals surface area (Å²) in [5, 5.41) is 25.8. The Morgan fingerprint density at radius 1 is 0.939 bits per heavy atom. The van der Waals surface area contributed by atoms with Crippen LogP contribution in [0.3, 0.4) is 0 Å². The summed E-state index contributed by atoms with van der Waals surface area (Å²) < 4.78 is 14.5. The molecule has 1 aliphatic rings. The molecule has 0 amide bonds. The molecule has 3 aromatic heterocycles. The highest BCUT2D eigenvalue weighted by Gasteiger charge is 2.53. The van der Waals surface area contributed by atoms with E-state index < -0.39 is 30.3 Å². The lowest BCUT2D eigenvalue weighted by molar-refractivity contribution is 0.00578. The maximum absolute atomic E-state index is 11.1. The van der Waals surface area contributed by atoms with Crippen molar-refractivity contribution in [2.45, 2.75) is 38.9 Å². The molecule has 13 heteroatoms. The van der Waals surface area contributed by atoms with Gasteiger partial charge in [0.05, 0.1) is 22.5 Å². The molecule has 1 aliphatic heterocycles. The molecule has 0 saturated carbocycles. The highest BCUT2D eigenvalue weighted by atomic mass is 16.7. The van der Waals surface area contributed by atoms with Gasteiger partial charge < -0.3 is 19.5 Å². The Hall–Kier alpha value is -3.58. The van der Waals surface area contributed by atoms with Crippen molar-refractivity contribution in [2.24, 2.45) is 14.1 Å². The third-order valence-corrected chi connectivity index (χ3v) is 5.46. The maximum Gasteiger partial charge on any atom is 0.498 e. The first kappa shape index (κ1) is 24.1. The molecule has 3 aromatic rings. The summed E-state index contributed by atoms with van der Waals surface area (Å²) in [4.78, 5) is 29.8. The van der Waals surface area contributed by atoms with Crippen molar-refractivity contribution in [1.82, 2.24) is 29.5 Å². The molecule has 1 fully saturated rings. The van der Waals surface area contributed by atoms with Crippen LogP contribution in [-0.2, 0) is 23.4 Å². The number of hydrogen-bond acceptors (Lipinski definition) is 8. The van der Waals surface area contributed by atoms with Crippen molar-refractivity contribution in [1.29, 1.82) is 0 Å². The summed E-state index contributed by atoms with van der Waals surface area (Å²) in [6, 6.07) is 1.64. The Morgan fingerprint density at radius 2 is 1.48 bits per heavy atom. The first-order chi connectivity index (χ1) is 15.3. The quantitative estimate of drug-likeness (QED) is 0.543. The number of aromatic carboxylic acids is 2. The highest BCUT2D eigenvalue weighted by molar-refractivity contribution is 6.63. The average Bonchev–Trinajstić information content (AvgIpc) is 3.37. The second-order valence-corrected chi connectivity index (χ2v) is 8.46. The lowest BCUT2D eigenvalue weighted by atomic mass is 9.79. The topological polar surface area (TPSA) is 154 Å². The third kappa shape index (κ3) is 4.93. The Kier molecular flexibility index (Phi) is 6.38. The Morgan fingerprint density at radius 3 is 2.00 bits per heavy atom. The van der Waals surface area contributed by atoms with Crippen LogP contribution in [0, 0.1) is 0 Å². The molecule has 0 atom stereocenters. The standard InChI is InChI=1S/C11H17BN2O4.C9H8N4O2/c1-10(2)11(3,4)18-12(17-10)7-6-14(5)13-8(7)9(15)16;1-13-4-6(8(12-13)9(14)15)7-2-3-10-5-11-7/h6H,1-5H3,(H,15,16);2-5H,1H3,(H,14,15). The molecule has 0 radical (unpaired) electrons. The Labute approximate surface area is 190 Å². The zero-order chi connectivity index (χ0) is 24.6. The first-order valence-corrected chi connectivity index (χ1v) is 9.98. The van der Waals surface area contributed by atoms with Crippen LogP contribution in [0.15, 0.2) is 31.0 Å². The van der Waals surface area contributed by atoms with Gasteiger partial charge in [-0.2, -0.15) is 10.2 Å². The molecule has 4 rings (SSSR count). The van der Waals surface area contributed by atoms with Gasteiger partial charge in [0.25, 0.3) is 0 Å². The molecule has 0 unspecified atom stereocenters. The van der Waals surface area contributed by atoms with Crippen LogP contribution in [0.1, 0.15) is 48.7 Å². The van der Waals surface area contributed by atoms with Gasteiger partial charge in [0.15, 0.2) is 11.4 Å². The Balaban J connectivity index is 0.000000189. The number of hydrogen-bond donors (Lipinski definition) is 2. The van der Waals surface area contributed by atoms with Gasteiger partial charge in [-0.15, -0.1) is 0 Å². The third-order valence-electron chi connectivity index (χ3n) is 5.46. The van der Waals surface area contributed by atoms with E-state index in [4.69, 9.17) is 19.5 Å². The van der Waals surface area contributed by atoms with E-state index in [0.29, 0.717) is 16.7 Å². The van der Waals surface area contributed by atoms with Gasteiger partial charge >= 0.3 is 19.1 Å². The van der Waals surface area contributed by atoms with E-state index >= 15 is 0 Å². The van der Waals surface area contributed by atoms with Crippen molar-refractivity contribution in [3.05, 3.63) is 42.4 Å². The molecule has 174 valence electrons.